The molecule has 0 saturated carbocycles. The Kier molecular flexibility index (Phi) is 5.26. The first-order valence-electron chi connectivity index (χ1n) is 9.44. The lowest BCUT2D eigenvalue weighted by Gasteiger charge is -2.37. The van der Waals surface area contributed by atoms with E-state index in [2.05, 4.69) is 48.2 Å². The molecule has 2 fully saturated rings. The van der Waals surface area contributed by atoms with Crippen molar-refractivity contribution < 1.29 is 4.79 Å². The second kappa shape index (κ2) is 7.97. The van der Waals surface area contributed by atoms with Gasteiger partial charge in [0.05, 0.1) is 5.52 Å². The van der Waals surface area contributed by atoms with Crippen LogP contribution in [0, 0.1) is 0 Å². The molecule has 2 saturated heterocycles. The van der Waals surface area contributed by atoms with Crippen molar-refractivity contribution in [3.05, 3.63) is 30.7 Å². The second-order valence-corrected chi connectivity index (χ2v) is 7.04. The third kappa shape index (κ3) is 4.11. The fraction of sp³-hybridized carbons (Fsp3) is 0.526. The number of aromatic nitrogens is 2. The van der Waals surface area contributed by atoms with Crippen molar-refractivity contribution in [2.75, 3.05) is 63.8 Å². The largest absolute Gasteiger partial charge is 0.369 e. The molecule has 1 N–H and O–H groups in total. The van der Waals surface area contributed by atoms with Gasteiger partial charge < -0.3 is 10.2 Å². The third-order valence-electron chi connectivity index (χ3n) is 5.36. The number of hydrogen-bond donors (Lipinski definition) is 1. The Labute approximate surface area is 154 Å². The summed E-state index contributed by atoms with van der Waals surface area (Å²) in [5.41, 5.74) is 2.25. The smallest absolute Gasteiger partial charge is 0.221 e. The van der Waals surface area contributed by atoms with Crippen LogP contribution in [0.3, 0.4) is 0 Å². The molecule has 1 aromatic carbocycles. The van der Waals surface area contributed by atoms with Crippen LogP contribution >= 0.6 is 0 Å². The molecule has 0 spiro atoms. The summed E-state index contributed by atoms with van der Waals surface area (Å²) >= 11 is 0. The predicted molar refractivity (Wildman–Crippen MR) is 102 cm³/mol. The van der Waals surface area contributed by atoms with Gasteiger partial charge in [-0.15, -0.1) is 0 Å². The summed E-state index contributed by atoms with van der Waals surface area (Å²) in [6.45, 7) is 8.98. The summed E-state index contributed by atoms with van der Waals surface area (Å²) in [6.07, 6.45) is 4.10. The highest BCUT2D eigenvalue weighted by Gasteiger charge is 2.19. The lowest BCUT2D eigenvalue weighted by molar-refractivity contribution is -0.120. The van der Waals surface area contributed by atoms with Gasteiger partial charge in [-0.3, -0.25) is 14.6 Å². The summed E-state index contributed by atoms with van der Waals surface area (Å²) in [6, 6.07) is 6.42. The van der Waals surface area contributed by atoms with Gasteiger partial charge in [0.1, 0.15) is 6.33 Å². The Morgan fingerprint density at radius 2 is 1.81 bits per heavy atom. The van der Waals surface area contributed by atoms with E-state index >= 15 is 0 Å². The number of nitrogens with zero attached hydrogens (tertiary/aromatic N) is 5. The van der Waals surface area contributed by atoms with E-state index in [1.165, 1.54) is 5.69 Å². The van der Waals surface area contributed by atoms with Gasteiger partial charge in [-0.25, -0.2) is 9.97 Å². The van der Waals surface area contributed by atoms with Crippen LogP contribution in [0.5, 0.6) is 0 Å². The number of benzene rings is 1. The van der Waals surface area contributed by atoms with E-state index in [9.17, 15) is 4.79 Å². The van der Waals surface area contributed by atoms with E-state index in [0.717, 1.165) is 69.8 Å². The topological polar surface area (TPSA) is 64.6 Å². The van der Waals surface area contributed by atoms with Crippen molar-refractivity contribution in [2.45, 2.75) is 6.42 Å². The number of carbonyl (C=O) groups is 1. The number of rotatable bonds is 4. The molecule has 0 unspecified atom stereocenters. The normalized spacial score (nSPS) is 20.2. The maximum Gasteiger partial charge on any atom is 0.221 e. The number of hydrogen-bond acceptors (Lipinski definition) is 6. The van der Waals surface area contributed by atoms with Gasteiger partial charge in [-0.2, -0.15) is 0 Å². The number of piperazine rings is 1. The van der Waals surface area contributed by atoms with Crippen molar-refractivity contribution in [1.82, 2.24) is 25.1 Å². The highest BCUT2D eigenvalue weighted by Crippen LogP contribution is 2.21. The number of amides is 1. The van der Waals surface area contributed by atoms with Crippen molar-refractivity contribution in [3.8, 4) is 0 Å². The van der Waals surface area contributed by atoms with Crippen LogP contribution < -0.4 is 10.2 Å². The molecule has 1 amide bonds. The van der Waals surface area contributed by atoms with Crippen molar-refractivity contribution in [3.63, 3.8) is 0 Å². The highest BCUT2D eigenvalue weighted by atomic mass is 16.1. The van der Waals surface area contributed by atoms with E-state index in [1.54, 1.807) is 6.33 Å². The predicted octanol–water partition coefficient (Wildman–Crippen LogP) is 0.574. The SMILES string of the molecule is O=C1CCN(CCN2CCN(c3ccc4ncncc4c3)CC2)CCN1. The Morgan fingerprint density at radius 3 is 2.65 bits per heavy atom. The molecule has 2 aromatic rings. The van der Waals surface area contributed by atoms with E-state index in [1.807, 2.05) is 6.20 Å². The molecule has 2 aliphatic rings. The van der Waals surface area contributed by atoms with Crippen LogP contribution in [0.1, 0.15) is 6.42 Å². The molecule has 0 aliphatic carbocycles. The molecular weight excluding hydrogens is 328 g/mol. The van der Waals surface area contributed by atoms with Crippen molar-refractivity contribution in [2.24, 2.45) is 0 Å². The lowest BCUT2D eigenvalue weighted by atomic mass is 10.2. The van der Waals surface area contributed by atoms with E-state index in [4.69, 9.17) is 0 Å². The standard InChI is InChI=1S/C19H26N6O/c26-19-3-5-23(6-4-21-19)7-8-24-9-11-25(12-10-24)17-1-2-18-16(13-17)14-20-15-22-18/h1-2,13-15H,3-12H2,(H,21,26). The second-order valence-electron chi connectivity index (χ2n) is 7.04. The zero-order valence-corrected chi connectivity index (χ0v) is 15.1. The van der Waals surface area contributed by atoms with Gasteiger partial charge in [0.2, 0.25) is 5.91 Å². The molecule has 0 atom stereocenters. The lowest BCUT2D eigenvalue weighted by Crippen LogP contribution is -2.48. The Bertz CT molecular complexity index is 759. The number of anilines is 1. The summed E-state index contributed by atoms with van der Waals surface area (Å²) < 4.78 is 0. The fourth-order valence-corrected chi connectivity index (χ4v) is 3.72. The average Bonchev–Trinajstić information content (AvgIpc) is 2.90. The molecule has 3 heterocycles. The monoisotopic (exact) mass is 354 g/mol. The molecule has 0 bridgehead atoms. The average molecular weight is 354 g/mol. The maximum absolute atomic E-state index is 11.4. The van der Waals surface area contributed by atoms with Gasteiger partial charge in [0.25, 0.3) is 0 Å². The zero-order valence-electron chi connectivity index (χ0n) is 15.1. The van der Waals surface area contributed by atoms with E-state index in [0.29, 0.717) is 6.42 Å². The summed E-state index contributed by atoms with van der Waals surface area (Å²) in [7, 11) is 0. The van der Waals surface area contributed by atoms with E-state index in [-0.39, 0.29) is 5.91 Å². The first-order valence-corrected chi connectivity index (χ1v) is 9.44. The minimum absolute atomic E-state index is 0.182. The molecule has 7 nitrogen and oxygen atoms in total. The summed E-state index contributed by atoms with van der Waals surface area (Å²) in [5.74, 6) is 0.182. The third-order valence-corrected chi connectivity index (χ3v) is 5.36. The van der Waals surface area contributed by atoms with Crippen LogP contribution in [0.4, 0.5) is 5.69 Å². The molecule has 7 heteroatoms. The van der Waals surface area contributed by atoms with Crippen LogP contribution in [0.15, 0.2) is 30.7 Å². The minimum Gasteiger partial charge on any atom is -0.369 e. The Balaban J connectivity index is 1.27. The van der Waals surface area contributed by atoms with Gasteiger partial charge in [-0.1, -0.05) is 0 Å². The van der Waals surface area contributed by atoms with Gasteiger partial charge in [-0.05, 0) is 18.2 Å². The van der Waals surface area contributed by atoms with Gasteiger partial charge in [0.15, 0.2) is 0 Å². The fourth-order valence-electron chi connectivity index (χ4n) is 3.72. The highest BCUT2D eigenvalue weighted by molar-refractivity contribution is 5.81. The summed E-state index contributed by atoms with van der Waals surface area (Å²) in [5, 5.41) is 4.03. The molecule has 1 aromatic heterocycles. The van der Waals surface area contributed by atoms with Gasteiger partial charge in [0, 0.05) is 82.6 Å². The maximum atomic E-state index is 11.4. The van der Waals surface area contributed by atoms with Crippen LogP contribution in [0.2, 0.25) is 0 Å². The van der Waals surface area contributed by atoms with Crippen molar-refractivity contribution >= 4 is 22.5 Å². The molecule has 138 valence electrons. The van der Waals surface area contributed by atoms with E-state index < -0.39 is 0 Å². The molecule has 2 aliphatic heterocycles. The number of fused-ring (bicyclic) bond motifs is 1. The molecule has 4 rings (SSSR count). The Morgan fingerprint density at radius 1 is 1.00 bits per heavy atom. The molecule has 26 heavy (non-hydrogen) atoms. The molecule has 0 radical (unpaired) electrons. The van der Waals surface area contributed by atoms with Crippen LogP contribution in [-0.4, -0.2) is 84.6 Å². The first kappa shape index (κ1) is 17.2. The number of nitrogens with one attached hydrogen (secondary N) is 1. The number of carbonyl (C=O) groups excluding carboxylic acids is 1. The zero-order chi connectivity index (χ0) is 17.8. The Hall–Kier alpha value is -2.25. The quantitative estimate of drug-likeness (QED) is 0.866. The summed E-state index contributed by atoms with van der Waals surface area (Å²) in [4.78, 5) is 27.2. The minimum atomic E-state index is 0.182. The first-order chi connectivity index (χ1) is 12.8. The molecular formula is C19H26N6O. The van der Waals surface area contributed by atoms with Crippen LogP contribution in [-0.2, 0) is 4.79 Å². The van der Waals surface area contributed by atoms with Crippen molar-refractivity contribution in [1.29, 1.82) is 0 Å². The van der Waals surface area contributed by atoms with Gasteiger partial charge >= 0.3 is 0 Å². The van der Waals surface area contributed by atoms with Crippen LogP contribution in [0.25, 0.3) is 10.9 Å².